The van der Waals surface area contributed by atoms with Gasteiger partial charge in [0.1, 0.15) is 5.75 Å². The predicted molar refractivity (Wildman–Crippen MR) is 77.9 cm³/mol. The number of hydrogen-bond donors (Lipinski definition) is 1. The Hall–Kier alpha value is -2.40. The van der Waals surface area contributed by atoms with Gasteiger partial charge in [-0.25, -0.2) is 0 Å². The van der Waals surface area contributed by atoms with Crippen molar-refractivity contribution in [1.29, 1.82) is 0 Å². The van der Waals surface area contributed by atoms with E-state index in [2.05, 4.69) is 4.98 Å². The van der Waals surface area contributed by atoms with E-state index in [0.717, 1.165) is 0 Å². The second-order valence-corrected chi connectivity index (χ2v) is 4.28. The molecule has 2 aromatic rings. The monoisotopic (exact) mass is 271 g/mol. The SMILES string of the molecule is COc1ccccc1N(C)C(=O)c1ccnc(CN)c1. The number of nitrogens with two attached hydrogens (primary N) is 1. The van der Waals surface area contributed by atoms with E-state index in [0.29, 0.717) is 29.2 Å². The van der Waals surface area contributed by atoms with Crippen LogP contribution in [0.1, 0.15) is 16.1 Å². The Labute approximate surface area is 118 Å². The summed E-state index contributed by atoms with van der Waals surface area (Å²) in [6.45, 7) is 0.305. The fraction of sp³-hybridized carbons (Fsp3) is 0.200. The van der Waals surface area contributed by atoms with Gasteiger partial charge in [-0.2, -0.15) is 0 Å². The molecular formula is C15H17N3O2. The van der Waals surface area contributed by atoms with E-state index in [1.54, 1.807) is 37.4 Å². The molecule has 0 aliphatic carbocycles. The number of pyridine rings is 1. The number of carbonyl (C=O) groups is 1. The molecule has 2 rings (SSSR count). The maximum absolute atomic E-state index is 12.5. The van der Waals surface area contributed by atoms with Gasteiger partial charge in [0.15, 0.2) is 0 Å². The number of methoxy groups -OCH3 is 1. The van der Waals surface area contributed by atoms with Crippen LogP contribution >= 0.6 is 0 Å². The summed E-state index contributed by atoms with van der Waals surface area (Å²) in [4.78, 5) is 18.1. The van der Waals surface area contributed by atoms with Gasteiger partial charge in [0.2, 0.25) is 0 Å². The fourth-order valence-corrected chi connectivity index (χ4v) is 1.93. The van der Waals surface area contributed by atoms with Gasteiger partial charge in [0.05, 0.1) is 18.5 Å². The van der Waals surface area contributed by atoms with Gasteiger partial charge in [0.25, 0.3) is 5.91 Å². The van der Waals surface area contributed by atoms with Gasteiger partial charge in [0, 0.05) is 25.4 Å². The summed E-state index contributed by atoms with van der Waals surface area (Å²) in [7, 11) is 3.29. The smallest absolute Gasteiger partial charge is 0.258 e. The number of hydrogen-bond acceptors (Lipinski definition) is 4. The lowest BCUT2D eigenvalue weighted by Gasteiger charge is -2.20. The van der Waals surface area contributed by atoms with Crippen LogP contribution in [0.25, 0.3) is 0 Å². The van der Waals surface area contributed by atoms with Crippen LogP contribution in [0.15, 0.2) is 42.6 Å². The number of rotatable bonds is 4. The number of aromatic nitrogens is 1. The van der Waals surface area contributed by atoms with E-state index >= 15 is 0 Å². The van der Waals surface area contributed by atoms with Gasteiger partial charge >= 0.3 is 0 Å². The standard InChI is InChI=1S/C15H17N3O2/c1-18(13-5-3-4-6-14(13)20-2)15(19)11-7-8-17-12(9-11)10-16/h3-9H,10,16H2,1-2H3. The molecule has 1 heterocycles. The van der Waals surface area contributed by atoms with Crippen LogP contribution < -0.4 is 15.4 Å². The lowest BCUT2D eigenvalue weighted by molar-refractivity contribution is 0.0992. The molecule has 2 N–H and O–H groups in total. The van der Waals surface area contributed by atoms with E-state index in [1.165, 1.54) is 0 Å². The highest BCUT2D eigenvalue weighted by Gasteiger charge is 2.17. The summed E-state index contributed by atoms with van der Waals surface area (Å²) in [5.74, 6) is 0.517. The van der Waals surface area contributed by atoms with E-state index in [1.807, 2.05) is 24.3 Å². The molecule has 20 heavy (non-hydrogen) atoms. The van der Waals surface area contributed by atoms with Crippen molar-refractivity contribution in [2.45, 2.75) is 6.54 Å². The van der Waals surface area contributed by atoms with Crippen molar-refractivity contribution in [1.82, 2.24) is 4.98 Å². The third-order valence-corrected chi connectivity index (χ3v) is 3.02. The molecule has 5 nitrogen and oxygen atoms in total. The van der Waals surface area contributed by atoms with Crippen molar-refractivity contribution in [2.75, 3.05) is 19.1 Å². The topological polar surface area (TPSA) is 68.5 Å². The lowest BCUT2D eigenvalue weighted by Crippen LogP contribution is -2.26. The number of anilines is 1. The lowest BCUT2D eigenvalue weighted by atomic mass is 10.2. The zero-order valence-corrected chi connectivity index (χ0v) is 11.5. The molecule has 1 aromatic carbocycles. The third-order valence-electron chi connectivity index (χ3n) is 3.02. The summed E-state index contributed by atoms with van der Waals surface area (Å²) in [5, 5.41) is 0. The number of ether oxygens (including phenoxy) is 1. The first-order chi connectivity index (χ1) is 9.67. The second kappa shape index (κ2) is 6.16. The Morgan fingerprint density at radius 1 is 1.35 bits per heavy atom. The van der Waals surface area contributed by atoms with Gasteiger partial charge in [-0.1, -0.05) is 12.1 Å². The Balaban J connectivity index is 2.32. The molecule has 0 saturated carbocycles. The van der Waals surface area contributed by atoms with Gasteiger partial charge in [-0.3, -0.25) is 9.78 Å². The minimum absolute atomic E-state index is 0.133. The molecule has 0 aliphatic rings. The van der Waals surface area contributed by atoms with Gasteiger partial charge in [-0.05, 0) is 24.3 Å². The quantitative estimate of drug-likeness (QED) is 0.921. The number of amides is 1. The molecule has 1 amide bonds. The van der Waals surface area contributed by atoms with Crippen molar-refractivity contribution in [3.63, 3.8) is 0 Å². The molecule has 0 aliphatic heterocycles. The van der Waals surface area contributed by atoms with Crippen molar-refractivity contribution in [2.24, 2.45) is 5.73 Å². The molecule has 5 heteroatoms. The van der Waals surface area contributed by atoms with E-state index in [-0.39, 0.29) is 5.91 Å². The normalized spacial score (nSPS) is 10.2. The van der Waals surface area contributed by atoms with Crippen LogP contribution in [0.4, 0.5) is 5.69 Å². The number of carbonyl (C=O) groups excluding carboxylic acids is 1. The van der Waals surface area contributed by atoms with Crippen LogP contribution in [0.3, 0.4) is 0 Å². The maximum atomic E-state index is 12.5. The predicted octanol–water partition coefficient (Wildman–Crippen LogP) is 1.83. The van der Waals surface area contributed by atoms with Crippen molar-refractivity contribution in [3.05, 3.63) is 53.9 Å². The minimum Gasteiger partial charge on any atom is -0.495 e. The van der Waals surface area contributed by atoms with Gasteiger partial charge < -0.3 is 15.4 Å². The Morgan fingerprint density at radius 2 is 2.10 bits per heavy atom. The number of nitrogens with zero attached hydrogens (tertiary/aromatic N) is 2. The van der Waals surface area contributed by atoms with Crippen LogP contribution in [0.2, 0.25) is 0 Å². The molecule has 0 radical (unpaired) electrons. The first kappa shape index (κ1) is 14.0. The Kier molecular flexibility index (Phi) is 4.32. The number of benzene rings is 1. The van der Waals surface area contributed by atoms with E-state index < -0.39 is 0 Å². The van der Waals surface area contributed by atoms with Crippen molar-refractivity contribution >= 4 is 11.6 Å². The third kappa shape index (κ3) is 2.78. The fourth-order valence-electron chi connectivity index (χ4n) is 1.93. The minimum atomic E-state index is -0.133. The summed E-state index contributed by atoms with van der Waals surface area (Å²) < 4.78 is 5.27. The van der Waals surface area contributed by atoms with E-state index in [9.17, 15) is 4.79 Å². The Bertz CT molecular complexity index is 614. The number of para-hydroxylation sites is 2. The second-order valence-electron chi connectivity index (χ2n) is 4.28. The highest BCUT2D eigenvalue weighted by atomic mass is 16.5. The molecule has 0 unspecified atom stereocenters. The highest BCUT2D eigenvalue weighted by molar-refractivity contribution is 6.06. The summed E-state index contributed by atoms with van der Waals surface area (Å²) >= 11 is 0. The molecule has 0 fully saturated rings. The molecule has 1 aromatic heterocycles. The maximum Gasteiger partial charge on any atom is 0.258 e. The zero-order chi connectivity index (χ0) is 14.5. The highest BCUT2D eigenvalue weighted by Crippen LogP contribution is 2.27. The van der Waals surface area contributed by atoms with Crippen LogP contribution in [-0.2, 0) is 6.54 Å². The van der Waals surface area contributed by atoms with Crippen LogP contribution in [-0.4, -0.2) is 25.0 Å². The molecule has 0 saturated heterocycles. The molecular weight excluding hydrogens is 254 g/mol. The first-order valence-electron chi connectivity index (χ1n) is 6.23. The van der Waals surface area contributed by atoms with E-state index in [4.69, 9.17) is 10.5 Å². The summed E-state index contributed by atoms with van der Waals surface area (Å²) in [6.07, 6.45) is 1.59. The van der Waals surface area contributed by atoms with Crippen molar-refractivity contribution < 1.29 is 9.53 Å². The van der Waals surface area contributed by atoms with Crippen molar-refractivity contribution in [3.8, 4) is 5.75 Å². The first-order valence-corrected chi connectivity index (χ1v) is 6.23. The average molecular weight is 271 g/mol. The zero-order valence-electron chi connectivity index (χ0n) is 11.5. The van der Waals surface area contributed by atoms with Gasteiger partial charge in [-0.15, -0.1) is 0 Å². The largest absolute Gasteiger partial charge is 0.495 e. The molecule has 0 spiro atoms. The summed E-state index contributed by atoms with van der Waals surface area (Å²) in [5.41, 5.74) is 7.49. The van der Waals surface area contributed by atoms with Crippen LogP contribution in [0, 0.1) is 0 Å². The summed E-state index contributed by atoms with van der Waals surface area (Å²) in [6, 6.07) is 10.7. The average Bonchev–Trinajstić information content (AvgIpc) is 2.53. The molecule has 0 atom stereocenters. The molecule has 104 valence electrons. The molecule has 0 bridgehead atoms. The van der Waals surface area contributed by atoms with Crippen LogP contribution in [0.5, 0.6) is 5.75 Å². The Morgan fingerprint density at radius 3 is 2.80 bits per heavy atom.